The summed E-state index contributed by atoms with van der Waals surface area (Å²) in [6.07, 6.45) is 7.30. The number of fused-ring (bicyclic) bond motifs is 1. The van der Waals surface area contributed by atoms with Crippen molar-refractivity contribution in [1.29, 1.82) is 0 Å². The van der Waals surface area contributed by atoms with Crippen LogP contribution in [0.4, 0.5) is 0 Å². The number of hydrogen-bond donors (Lipinski definition) is 2. The Hall–Kier alpha value is -1.40. The van der Waals surface area contributed by atoms with Crippen molar-refractivity contribution in [2.75, 3.05) is 6.54 Å². The van der Waals surface area contributed by atoms with Crippen molar-refractivity contribution in [3.8, 4) is 0 Å². The van der Waals surface area contributed by atoms with Crippen LogP contribution in [-0.4, -0.2) is 38.5 Å². The molecule has 2 heterocycles. The van der Waals surface area contributed by atoms with Gasteiger partial charge in [-0.15, -0.1) is 0 Å². The van der Waals surface area contributed by atoms with Gasteiger partial charge in [0.1, 0.15) is 5.82 Å². The van der Waals surface area contributed by atoms with Crippen molar-refractivity contribution >= 4 is 5.91 Å². The Morgan fingerprint density at radius 2 is 2.32 bits per heavy atom. The van der Waals surface area contributed by atoms with Gasteiger partial charge in [0.2, 0.25) is 5.91 Å². The molecule has 2 atom stereocenters. The standard InChI is InChI=1S/C13H21N5O/c14-12(19)13(15)3-1-2-10(8-13)18-7-6-17-5-4-16-11(17)9-18/h4-5,10H,1-3,6-9,15H2,(H2,14,19). The van der Waals surface area contributed by atoms with E-state index in [1.54, 1.807) is 0 Å². The molecule has 0 aromatic carbocycles. The number of rotatable bonds is 2. The van der Waals surface area contributed by atoms with Gasteiger partial charge in [-0.1, -0.05) is 0 Å². The van der Waals surface area contributed by atoms with Gasteiger partial charge in [0, 0.05) is 31.5 Å². The maximum Gasteiger partial charge on any atom is 0.237 e. The molecule has 104 valence electrons. The lowest BCUT2D eigenvalue weighted by Crippen LogP contribution is -2.58. The molecule has 2 unspecified atom stereocenters. The van der Waals surface area contributed by atoms with E-state index >= 15 is 0 Å². The van der Waals surface area contributed by atoms with E-state index in [0.717, 1.165) is 38.3 Å². The van der Waals surface area contributed by atoms with Crippen LogP contribution in [0.1, 0.15) is 31.5 Å². The Labute approximate surface area is 112 Å². The van der Waals surface area contributed by atoms with Crippen molar-refractivity contribution in [3.63, 3.8) is 0 Å². The fourth-order valence-corrected chi connectivity index (χ4v) is 3.32. The number of amides is 1. The van der Waals surface area contributed by atoms with Crippen LogP contribution in [0.3, 0.4) is 0 Å². The number of nitrogens with zero attached hydrogens (tertiary/aromatic N) is 3. The molecule has 0 spiro atoms. The summed E-state index contributed by atoms with van der Waals surface area (Å²) >= 11 is 0. The number of carbonyl (C=O) groups excluding carboxylic acids is 1. The molecule has 2 aliphatic rings. The van der Waals surface area contributed by atoms with Crippen LogP contribution < -0.4 is 11.5 Å². The Morgan fingerprint density at radius 1 is 1.47 bits per heavy atom. The number of aromatic nitrogens is 2. The van der Waals surface area contributed by atoms with E-state index in [4.69, 9.17) is 11.5 Å². The number of carbonyl (C=O) groups is 1. The highest BCUT2D eigenvalue weighted by atomic mass is 16.1. The Balaban J connectivity index is 1.72. The zero-order chi connectivity index (χ0) is 13.5. The fourth-order valence-electron chi connectivity index (χ4n) is 3.32. The Kier molecular flexibility index (Phi) is 3.06. The first-order valence-electron chi connectivity index (χ1n) is 6.91. The summed E-state index contributed by atoms with van der Waals surface area (Å²) in [5, 5.41) is 0. The van der Waals surface area contributed by atoms with Crippen LogP contribution in [0.5, 0.6) is 0 Å². The van der Waals surface area contributed by atoms with E-state index in [-0.39, 0.29) is 5.91 Å². The summed E-state index contributed by atoms with van der Waals surface area (Å²) in [5.74, 6) is 0.731. The Bertz CT molecular complexity index is 485. The van der Waals surface area contributed by atoms with Crippen LogP contribution in [0.15, 0.2) is 12.4 Å². The van der Waals surface area contributed by atoms with Crippen molar-refractivity contribution in [1.82, 2.24) is 14.5 Å². The first kappa shape index (κ1) is 12.6. The SMILES string of the molecule is NC(=O)C1(N)CCCC(N2CCn3ccnc3C2)C1. The lowest BCUT2D eigenvalue weighted by atomic mass is 9.78. The van der Waals surface area contributed by atoms with Gasteiger partial charge >= 0.3 is 0 Å². The van der Waals surface area contributed by atoms with Crippen molar-refractivity contribution < 1.29 is 4.79 Å². The lowest BCUT2D eigenvalue weighted by Gasteiger charge is -2.42. The number of nitrogens with two attached hydrogens (primary N) is 2. The first-order valence-corrected chi connectivity index (χ1v) is 6.91. The minimum atomic E-state index is -0.824. The molecule has 6 nitrogen and oxygen atoms in total. The minimum Gasteiger partial charge on any atom is -0.368 e. The van der Waals surface area contributed by atoms with E-state index in [0.29, 0.717) is 18.9 Å². The predicted molar refractivity (Wildman–Crippen MR) is 71.0 cm³/mol. The highest BCUT2D eigenvalue weighted by Crippen LogP contribution is 2.31. The second kappa shape index (κ2) is 4.61. The van der Waals surface area contributed by atoms with Crippen LogP contribution in [0.25, 0.3) is 0 Å². The molecule has 6 heteroatoms. The summed E-state index contributed by atoms with van der Waals surface area (Å²) < 4.78 is 2.18. The smallest absolute Gasteiger partial charge is 0.237 e. The van der Waals surface area contributed by atoms with Gasteiger partial charge in [0.25, 0.3) is 0 Å². The highest BCUT2D eigenvalue weighted by molar-refractivity contribution is 5.84. The van der Waals surface area contributed by atoms with Crippen molar-refractivity contribution in [2.24, 2.45) is 11.5 Å². The van der Waals surface area contributed by atoms with Gasteiger partial charge in [0.05, 0.1) is 12.1 Å². The maximum absolute atomic E-state index is 11.5. The highest BCUT2D eigenvalue weighted by Gasteiger charge is 2.40. The molecule has 1 aromatic heterocycles. The van der Waals surface area contributed by atoms with Gasteiger partial charge in [0.15, 0.2) is 0 Å². The molecule has 1 amide bonds. The minimum absolute atomic E-state index is 0.344. The largest absolute Gasteiger partial charge is 0.368 e. The molecule has 1 aliphatic heterocycles. The van der Waals surface area contributed by atoms with Crippen LogP contribution in [0, 0.1) is 0 Å². The van der Waals surface area contributed by atoms with Crippen LogP contribution >= 0.6 is 0 Å². The molecule has 1 saturated carbocycles. The number of primary amides is 1. The molecule has 0 radical (unpaired) electrons. The molecule has 4 N–H and O–H groups in total. The number of imidazole rings is 1. The van der Waals surface area contributed by atoms with Gasteiger partial charge in [-0.25, -0.2) is 4.98 Å². The third-order valence-corrected chi connectivity index (χ3v) is 4.54. The second-order valence-electron chi connectivity index (χ2n) is 5.78. The third kappa shape index (κ3) is 2.26. The zero-order valence-electron chi connectivity index (χ0n) is 11.1. The summed E-state index contributed by atoms with van der Waals surface area (Å²) in [7, 11) is 0. The lowest BCUT2D eigenvalue weighted by molar-refractivity contribution is -0.125. The van der Waals surface area contributed by atoms with Gasteiger partial charge in [-0.05, 0) is 25.7 Å². The molecule has 0 saturated heterocycles. The van der Waals surface area contributed by atoms with E-state index in [1.165, 1.54) is 0 Å². The molecular formula is C13H21N5O. The summed E-state index contributed by atoms with van der Waals surface area (Å²) in [6, 6.07) is 0.344. The maximum atomic E-state index is 11.5. The van der Waals surface area contributed by atoms with E-state index < -0.39 is 5.54 Å². The second-order valence-corrected chi connectivity index (χ2v) is 5.78. The average molecular weight is 263 g/mol. The molecule has 19 heavy (non-hydrogen) atoms. The van der Waals surface area contributed by atoms with Crippen molar-refractivity contribution in [3.05, 3.63) is 18.2 Å². The summed E-state index contributed by atoms with van der Waals surface area (Å²) in [4.78, 5) is 18.3. The molecule has 1 fully saturated rings. The van der Waals surface area contributed by atoms with Gasteiger partial charge in [-0.2, -0.15) is 0 Å². The molecule has 0 bridgehead atoms. The molecule has 1 aromatic rings. The Morgan fingerprint density at radius 3 is 3.11 bits per heavy atom. The summed E-state index contributed by atoms with van der Waals surface area (Å²) in [6.45, 7) is 2.79. The monoisotopic (exact) mass is 263 g/mol. The first-order chi connectivity index (χ1) is 9.08. The van der Waals surface area contributed by atoms with Crippen LogP contribution in [0.2, 0.25) is 0 Å². The fraction of sp³-hybridized carbons (Fsp3) is 0.692. The molecule has 3 rings (SSSR count). The van der Waals surface area contributed by atoms with Gasteiger partial charge < -0.3 is 16.0 Å². The topological polar surface area (TPSA) is 90.2 Å². The molecular weight excluding hydrogens is 242 g/mol. The zero-order valence-corrected chi connectivity index (χ0v) is 11.1. The summed E-state index contributed by atoms with van der Waals surface area (Å²) in [5.41, 5.74) is 10.8. The quantitative estimate of drug-likeness (QED) is 0.774. The van der Waals surface area contributed by atoms with E-state index in [2.05, 4.69) is 14.5 Å². The average Bonchev–Trinajstić information content (AvgIpc) is 2.85. The van der Waals surface area contributed by atoms with Crippen molar-refractivity contribution in [2.45, 2.75) is 50.4 Å². The van der Waals surface area contributed by atoms with Crippen LogP contribution in [-0.2, 0) is 17.9 Å². The molecule has 1 aliphatic carbocycles. The van der Waals surface area contributed by atoms with E-state index in [1.807, 2.05) is 12.4 Å². The number of hydrogen-bond acceptors (Lipinski definition) is 4. The third-order valence-electron chi connectivity index (χ3n) is 4.54. The normalized spacial score (nSPS) is 31.9. The van der Waals surface area contributed by atoms with E-state index in [9.17, 15) is 4.79 Å². The van der Waals surface area contributed by atoms with Gasteiger partial charge in [-0.3, -0.25) is 9.69 Å². The predicted octanol–water partition coefficient (Wildman–Crippen LogP) is -0.176.